The van der Waals surface area contributed by atoms with E-state index in [0.717, 1.165) is 38.2 Å². The van der Waals surface area contributed by atoms with Crippen LogP contribution < -0.4 is 14.5 Å². The van der Waals surface area contributed by atoms with Gasteiger partial charge in [-0.25, -0.2) is 0 Å². The summed E-state index contributed by atoms with van der Waals surface area (Å²) >= 11 is 0. The molecule has 0 unspecified atom stereocenters. The predicted molar refractivity (Wildman–Crippen MR) is 149 cm³/mol. The molecular weight excluding hydrogens is 478 g/mol. The van der Waals surface area contributed by atoms with E-state index in [1.807, 2.05) is 43.6 Å². The highest BCUT2D eigenvalue weighted by Gasteiger charge is 2.44. The van der Waals surface area contributed by atoms with Gasteiger partial charge in [0.15, 0.2) is 0 Å². The summed E-state index contributed by atoms with van der Waals surface area (Å²) in [5, 5.41) is 0. The Kier molecular flexibility index (Phi) is 8.42. The number of rotatable bonds is 10. The van der Waals surface area contributed by atoms with Crippen LogP contribution in [0, 0.1) is 12.3 Å². The molecular formula is C30H37N5O3. The van der Waals surface area contributed by atoms with Crippen LogP contribution in [0.3, 0.4) is 0 Å². The van der Waals surface area contributed by atoms with Crippen molar-refractivity contribution in [1.82, 2.24) is 14.9 Å². The highest BCUT2D eigenvalue weighted by Crippen LogP contribution is 2.39. The lowest BCUT2D eigenvalue weighted by Gasteiger charge is -2.25. The molecule has 1 aromatic carbocycles. The van der Waals surface area contributed by atoms with Crippen LogP contribution in [0.2, 0.25) is 0 Å². The van der Waals surface area contributed by atoms with Gasteiger partial charge >= 0.3 is 0 Å². The van der Waals surface area contributed by atoms with E-state index in [4.69, 9.17) is 4.74 Å². The summed E-state index contributed by atoms with van der Waals surface area (Å²) in [7, 11) is 3.42. The van der Waals surface area contributed by atoms with Crippen molar-refractivity contribution in [2.45, 2.75) is 40.2 Å². The van der Waals surface area contributed by atoms with Crippen LogP contribution in [0.5, 0.6) is 5.75 Å². The Labute approximate surface area is 225 Å². The van der Waals surface area contributed by atoms with E-state index in [-0.39, 0.29) is 11.8 Å². The van der Waals surface area contributed by atoms with E-state index >= 15 is 0 Å². The van der Waals surface area contributed by atoms with Gasteiger partial charge in [-0.3, -0.25) is 24.5 Å². The van der Waals surface area contributed by atoms with Gasteiger partial charge in [-0.15, -0.1) is 0 Å². The molecule has 2 aromatic heterocycles. The van der Waals surface area contributed by atoms with Gasteiger partial charge in [-0.05, 0) is 75.1 Å². The third kappa shape index (κ3) is 6.19. The van der Waals surface area contributed by atoms with Crippen molar-refractivity contribution in [1.29, 1.82) is 0 Å². The van der Waals surface area contributed by atoms with Gasteiger partial charge in [-0.2, -0.15) is 0 Å². The minimum Gasteiger partial charge on any atom is -0.493 e. The first-order chi connectivity index (χ1) is 18.2. The minimum absolute atomic E-state index is 0.225. The SMILES string of the molecule is Cc1cc(CN(CCCOc2ccc3c(c2)N(C)C(=O)C(C)(C)C(=O)N3C)CCc2cccnc2)ccn1. The molecule has 1 aliphatic rings. The number of nitrogens with zero attached hydrogens (tertiary/aromatic N) is 5. The second-order valence-corrected chi connectivity index (χ2v) is 10.4. The maximum absolute atomic E-state index is 13.0. The molecule has 0 N–H and O–H groups in total. The first-order valence-electron chi connectivity index (χ1n) is 13.0. The predicted octanol–water partition coefficient (Wildman–Crippen LogP) is 4.26. The van der Waals surface area contributed by atoms with E-state index in [1.165, 1.54) is 11.1 Å². The Morgan fingerprint density at radius 1 is 0.921 bits per heavy atom. The van der Waals surface area contributed by atoms with E-state index in [2.05, 4.69) is 33.1 Å². The maximum Gasteiger partial charge on any atom is 0.241 e. The molecule has 4 rings (SSSR count). The van der Waals surface area contributed by atoms with Gasteiger partial charge in [0.25, 0.3) is 0 Å². The average Bonchev–Trinajstić information content (AvgIpc) is 2.96. The number of hydrogen-bond donors (Lipinski definition) is 0. The molecule has 2 amide bonds. The quantitative estimate of drug-likeness (QED) is 0.297. The molecule has 0 spiro atoms. The molecule has 8 heteroatoms. The fourth-order valence-electron chi connectivity index (χ4n) is 4.84. The molecule has 200 valence electrons. The number of benzene rings is 1. The summed E-state index contributed by atoms with van der Waals surface area (Å²) in [5.74, 6) is 0.217. The summed E-state index contributed by atoms with van der Waals surface area (Å²) in [6, 6.07) is 13.8. The van der Waals surface area contributed by atoms with Crippen molar-refractivity contribution >= 4 is 23.2 Å². The van der Waals surface area contributed by atoms with Crippen molar-refractivity contribution in [2.75, 3.05) is 43.6 Å². The molecule has 3 aromatic rings. The van der Waals surface area contributed by atoms with E-state index in [9.17, 15) is 9.59 Å². The summed E-state index contributed by atoms with van der Waals surface area (Å²) in [4.78, 5) is 40.0. The van der Waals surface area contributed by atoms with Crippen LogP contribution in [-0.4, -0.2) is 60.5 Å². The first kappa shape index (κ1) is 27.3. The second kappa shape index (κ2) is 11.7. The number of carbonyl (C=O) groups excluding carboxylic acids is 2. The van der Waals surface area contributed by atoms with Crippen molar-refractivity contribution in [3.05, 3.63) is 77.9 Å². The number of anilines is 2. The normalized spacial score (nSPS) is 15.0. The minimum atomic E-state index is -1.13. The summed E-state index contributed by atoms with van der Waals surface area (Å²) in [6.07, 6.45) is 7.34. The zero-order valence-electron chi connectivity index (χ0n) is 23.0. The third-order valence-electron chi connectivity index (χ3n) is 7.04. The topological polar surface area (TPSA) is 78.9 Å². The molecule has 0 saturated carbocycles. The number of hydrogen-bond acceptors (Lipinski definition) is 6. The average molecular weight is 516 g/mol. The van der Waals surface area contributed by atoms with Crippen LogP contribution >= 0.6 is 0 Å². The maximum atomic E-state index is 13.0. The van der Waals surface area contributed by atoms with Crippen molar-refractivity contribution in [3.63, 3.8) is 0 Å². The lowest BCUT2D eigenvalue weighted by Crippen LogP contribution is -2.46. The van der Waals surface area contributed by atoms with Crippen LogP contribution in [0.1, 0.15) is 37.1 Å². The monoisotopic (exact) mass is 515 g/mol. The van der Waals surface area contributed by atoms with Gasteiger partial charge in [0, 0.05) is 64.1 Å². The fourth-order valence-corrected chi connectivity index (χ4v) is 4.84. The summed E-state index contributed by atoms with van der Waals surface area (Å²) in [6.45, 7) is 8.51. The molecule has 1 aliphatic heterocycles. The number of aromatic nitrogens is 2. The Balaban J connectivity index is 1.39. The number of fused-ring (bicyclic) bond motifs is 1. The molecule has 38 heavy (non-hydrogen) atoms. The number of amides is 2. The number of pyridine rings is 2. The highest BCUT2D eigenvalue weighted by atomic mass is 16.5. The van der Waals surface area contributed by atoms with Gasteiger partial charge in [0.2, 0.25) is 11.8 Å². The molecule has 0 saturated heterocycles. The summed E-state index contributed by atoms with van der Waals surface area (Å²) in [5.41, 5.74) is 3.70. The molecule has 0 bridgehead atoms. The number of aryl methyl sites for hydroxylation is 1. The van der Waals surface area contributed by atoms with Gasteiger partial charge in [0.1, 0.15) is 11.2 Å². The second-order valence-electron chi connectivity index (χ2n) is 10.4. The molecule has 3 heterocycles. The van der Waals surface area contributed by atoms with Gasteiger partial charge < -0.3 is 14.5 Å². The first-order valence-corrected chi connectivity index (χ1v) is 13.0. The zero-order chi connectivity index (χ0) is 27.3. The van der Waals surface area contributed by atoms with Gasteiger partial charge in [0.05, 0.1) is 18.0 Å². The van der Waals surface area contributed by atoms with Crippen molar-refractivity contribution in [3.8, 4) is 5.75 Å². The van der Waals surface area contributed by atoms with Gasteiger partial charge in [-0.1, -0.05) is 6.07 Å². The Hall–Kier alpha value is -3.78. The smallest absolute Gasteiger partial charge is 0.241 e. The summed E-state index contributed by atoms with van der Waals surface area (Å²) < 4.78 is 6.10. The van der Waals surface area contributed by atoms with E-state index in [0.29, 0.717) is 23.7 Å². The third-order valence-corrected chi connectivity index (χ3v) is 7.04. The van der Waals surface area contributed by atoms with Crippen LogP contribution in [0.15, 0.2) is 61.1 Å². The lowest BCUT2D eigenvalue weighted by atomic mass is 9.90. The van der Waals surface area contributed by atoms with Crippen LogP contribution in [0.25, 0.3) is 0 Å². The fraction of sp³-hybridized carbons (Fsp3) is 0.400. The van der Waals surface area contributed by atoms with Crippen molar-refractivity contribution < 1.29 is 14.3 Å². The Bertz CT molecular complexity index is 1280. The standard InChI is InChI=1S/C30H37N5O3/c1-22-18-24(11-14-32-22)21-35(16-12-23-8-6-13-31-20-23)15-7-17-38-25-9-10-26-27(19-25)34(5)29(37)30(2,3)28(36)33(26)4/h6,8-11,13-14,18-20H,7,12,15-17,21H2,1-5H3. The van der Waals surface area contributed by atoms with Crippen LogP contribution in [0.4, 0.5) is 11.4 Å². The largest absolute Gasteiger partial charge is 0.493 e. The highest BCUT2D eigenvalue weighted by molar-refractivity contribution is 6.19. The molecule has 0 fully saturated rings. The van der Waals surface area contributed by atoms with Crippen molar-refractivity contribution in [2.24, 2.45) is 5.41 Å². The molecule has 0 radical (unpaired) electrons. The number of ether oxygens (including phenoxy) is 1. The Morgan fingerprint density at radius 3 is 2.39 bits per heavy atom. The molecule has 0 aliphatic carbocycles. The van der Waals surface area contributed by atoms with E-state index in [1.54, 1.807) is 43.9 Å². The molecule has 8 nitrogen and oxygen atoms in total. The number of carbonyl (C=O) groups is 2. The molecule has 0 atom stereocenters. The Morgan fingerprint density at radius 2 is 1.68 bits per heavy atom. The van der Waals surface area contributed by atoms with E-state index < -0.39 is 5.41 Å². The van der Waals surface area contributed by atoms with Crippen LogP contribution in [-0.2, 0) is 22.6 Å². The lowest BCUT2D eigenvalue weighted by molar-refractivity contribution is -0.137. The zero-order valence-corrected chi connectivity index (χ0v) is 23.0.